The van der Waals surface area contributed by atoms with Crippen molar-refractivity contribution in [2.24, 2.45) is 0 Å². The van der Waals surface area contributed by atoms with E-state index in [1.165, 1.54) is 18.7 Å². The summed E-state index contributed by atoms with van der Waals surface area (Å²) in [5, 5.41) is 13.7. The van der Waals surface area contributed by atoms with Gasteiger partial charge in [0.25, 0.3) is 5.91 Å². The molecule has 28 heavy (non-hydrogen) atoms. The molecule has 0 spiro atoms. The van der Waals surface area contributed by atoms with Crippen LogP contribution in [0, 0.1) is 0 Å². The summed E-state index contributed by atoms with van der Waals surface area (Å²) in [5.74, 6) is -2.63. The first kappa shape index (κ1) is 22.5. The number of esters is 1. The van der Waals surface area contributed by atoms with Gasteiger partial charge in [-0.15, -0.1) is 11.8 Å². The molecular formula is C18H17N2NaO6S. The fourth-order valence-electron chi connectivity index (χ4n) is 2.98. The molecule has 3 rings (SSSR count). The summed E-state index contributed by atoms with van der Waals surface area (Å²) in [6, 6.07) is 8.30. The van der Waals surface area contributed by atoms with Gasteiger partial charge in [-0.05, 0) is 5.56 Å². The number of benzene rings is 1. The molecule has 2 aliphatic rings. The predicted molar refractivity (Wildman–Crippen MR) is 93.8 cm³/mol. The minimum Gasteiger partial charge on any atom is -0.543 e. The van der Waals surface area contributed by atoms with Crippen LogP contribution in [0.3, 0.4) is 0 Å². The van der Waals surface area contributed by atoms with Crippen molar-refractivity contribution in [1.82, 2.24) is 10.2 Å². The average Bonchev–Trinajstić information content (AvgIpc) is 2.64. The molecule has 0 aliphatic carbocycles. The number of rotatable bonds is 6. The number of β-lactam (4-membered cyclic amide) rings is 1. The van der Waals surface area contributed by atoms with Crippen LogP contribution in [0.1, 0.15) is 12.5 Å². The van der Waals surface area contributed by atoms with Gasteiger partial charge >= 0.3 is 35.5 Å². The molecule has 0 radical (unpaired) electrons. The van der Waals surface area contributed by atoms with E-state index in [-0.39, 0.29) is 59.9 Å². The van der Waals surface area contributed by atoms with Crippen LogP contribution in [-0.2, 0) is 30.3 Å². The molecule has 1 aromatic rings. The van der Waals surface area contributed by atoms with E-state index in [2.05, 4.69) is 5.32 Å². The third-order valence-corrected chi connectivity index (χ3v) is 5.55. The van der Waals surface area contributed by atoms with Crippen LogP contribution in [0.25, 0.3) is 0 Å². The zero-order valence-corrected chi connectivity index (χ0v) is 18.3. The Bertz CT molecular complexity index is 829. The fraction of sp³-hybridized carbons (Fsp3) is 0.333. The van der Waals surface area contributed by atoms with Crippen LogP contribution < -0.4 is 40.0 Å². The number of carbonyl (C=O) groups is 4. The third-order valence-electron chi connectivity index (χ3n) is 4.21. The fourth-order valence-corrected chi connectivity index (χ4v) is 4.30. The van der Waals surface area contributed by atoms with Crippen LogP contribution >= 0.6 is 11.8 Å². The summed E-state index contributed by atoms with van der Waals surface area (Å²) in [7, 11) is 0. The number of ether oxygens (including phenoxy) is 1. The smallest absolute Gasteiger partial charge is 0.543 e. The van der Waals surface area contributed by atoms with Crippen molar-refractivity contribution in [3.63, 3.8) is 0 Å². The average molecular weight is 412 g/mol. The van der Waals surface area contributed by atoms with Gasteiger partial charge in [-0.1, -0.05) is 30.3 Å². The van der Waals surface area contributed by atoms with Gasteiger partial charge in [0.05, 0.1) is 18.1 Å². The minimum atomic E-state index is -1.51. The van der Waals surface area contributed by atoms with E-state index in [9.17, 15) is 24.3 Å². The Morgan fingerprint density at radius 1 is 1.29 bits per heavy atom. The van der Waals surface area contributed by atoms with E-state index < -0.39 is 29.3 Å². The maximum absolute atomic E-state index is 12.4. The zero-order chi connectivity index (χ0) is 19.6. The van der Waals surface area contributed by atoms with Crippen LogP contribution in [0.4, 0.5) is 0 Å². The SMILES string of the molecule is CC(=O)OCC1=C(C(=O)[O-])N2C(=O)C(NC(=O)Cc3ccccc3)C2SC1.[Na+]. The molecule has 2 unspecified atom stereocenters. The van der Waals surface area contributed by atoms with Crippen molar-refractivity contribution < 1.29 is 58.6 Å². The quantitative estimate of drug-likeness (QED) is 0.289. The minimum absolute atomic E-state index is 0. The number of hydrogen-bond donors (Lipinski definition) is 1. The Labute approximate surface area is 188 Å². The Kier molecular flexibility index (Phi) is 7.70. The second-order valence-corrected chi connectivity index (χ2v) is 7.24. The van der Waals surface area contributed by atoms with Crippen molar-refractivity contribution in [1.29, 1.82) is 0 Å². The molecule has 0 bridgehead atoms. The van der Waals surface area contributed by atoms with Gasteiger partial charge in [0, 0.05) is 18.2 Å². The summed E-state index contributed by atoms with van der Waals surface area (Å²) < 4.78 is 4.85. The van der Waals surface area contributed by atoms with Crippen LogP contribution in [0.2, 0.25) is 0 Å². The standard InChI is InChI=1S/C18H18N2O6S.Na/c1-10(21)26-8-12-9-27-17-14(16(23)20(17)15(12)18(24)25)19-13(22)7-11-5-3-2-4-6-11;/h2-6,14,17H,7-9H2,1H3,(H,19,22)(H,24,25);/q;+1/p-1. The van der Waals surface area contributed by atoms with Crippen molar-refractivity contribution in [3.8, 4) is 0 Å². The van der Waals surface area contributed by atoms with Crippen molar-refractivity contribution in [2.75, 3.05) is 12.4 Å². The van der Waals surface area contributed by atoms with Crippen molar-refractivity contribution >= 4 is 35.5 Å². The third kappa shape index (κ3) is 4.78. The molecule has 2 amide bonds. The molecule has 1 aromatic carbocycles. The number of carboxylic acid groups (broad SMARTS) is 1. The molecule has 2 aliphatic heterocycles. The first-order chi connectivity index (χ1) is 12.9. The monoisotopic (exact) mass is 412 g/mol. The number of amides is 2. The molecule has 1 N–H and O–H groups in total. The molecule has 1 saturated heterocycles. The Hall–Kier alpha value is -1.81. The molecule has 10 heteroatoms. The normalized spacial score (nSPS) is 20.5. The number of hydrogen-bond acceptors (Lipinski definition) is 7. The molecule has 0 aromatic heterocycles. The molecule has 8 nitrogen and oxygen atoms in total. The van der Waals surface area contributed by atoms with Gasteiger partial charge in [-0.2, -0.15) is 0 Å². The summed E-state index contributed by atoms with van der Waals surface area (Å²) in [5.41, 5.74) is 0.835. The molecule has 2 heterocycles. The summed E-state index contributed by atoms with van der Waals surface area (Å²) in [6.45, 7) is 0.998. The Morgan fingerprint density at radius 2 is 1.96 bits per heavy atom. The maximum atomic E-state index is 12.4. The zero-order valence-electron chi connectivity index (χ0n) is 15.5. The maximum Gasteiger partial charge on any atom is 1.00 e. The number of carboxylic acids is 1. The number of nitrogens with one attached hydrogen (secondary N) is 1. The van der Waals surface area contributed by atoms with Gasteiger partial charge in [0.2, 0.25) is 5.91 Å². The first-order valence-electron chi connectivity index (χ1n) is 8.23. The molecule has 0 saturated carbocycles. The van der Waals surface area contributed by atoms with E-state index in [0.717, 1.165) is 10.5 Å². The summed E-state index contributed by atoms with van der Waals surface area (Å²) in [4.78, 5) is 48.2. The van der Waals surface area contributed by atoms with Gasteiger partial charge in [0.15, 0.2) is 0 Å². The van der Waals surface area contributed by atoms with Gasteiger partial charge in [0.1, 0.15) is 18.0 Å². The first-order valence-corrected chi connectivity index (χ1v) is 9.28. The topological polar surface area (TPSA) is 116 Å². The van der Waals surface area contributed by atoms with Gasteiger partial charge < -0.3 is 20.0 Å². The van der Waals surface area contributed by atoms with Crippen LogP contribution in [0.5, 0.6) is 0 Å². The van der Waals surface area contributed by atoms with Crippen molar-refractivity contribution in [2.45, 2.75) is 24.8 Å². The number of fused-ring (bicyclic) bond motifs is 1. The number of carbonyl (C=O) groups excluding carboxylic acids is 4. The number of thioether (sulfide) groups is 1. The van der Waals surface area contributed by atoms with Gasteiger partial charge in [-0.3, -0.25) is 19.3 Å². The summed E-state index contributed by atoms with van der Waals surface area (Å²) in [6.07, 6.45) is 0.128. The molecule has 1 fully saturated rings. The van der Waals surface area contributed by atoms with Crippen LogP contribution in [-0.4, -0.2) is 52.4 Å². The van der Waals surface area contributed by atoms with Gasteiger partial charge in [-0.25, -0.2) is 0 Å². The van der Waals surface area contributed by atoms with E-state index in [1.807, 2.05) is 30.3 Å². The molecule has 2 atom stereocenters. The second-order valence-electron chi connectivity index (χ2n) is 6.14. The van der Waals surface area contributed by atoms with E-state index in [0.29, 0.717) is 5.57 Å². The Morgan fingerprint density at radius 3 is 2.57 bits per heavy atom. The van der Waals surface area contributed by atoms with E-state index >= 15 is 0 Å². The largest absolute Gasteiger partial charge is 1.00 e. The van der Waals surface area contributed by atoms with E-state index in [1.54, 1.807) is 0 Å². The predicted octanol–water partition coefficient (Wildman–Crippen LogP) is -3.80. The number of aliphatic carboxylic acids is 1. The molecular weight excluding hydrogens is 395 g/mol. The number of nitrogens with zero attached hydrogens (tertiary/aromatic N) is 1. The second kappa shape index (κ2) is 9.60. The van der Waals surface area contributed by atoms with Crippen molar-refractivity contribution in [3.05, 3.63) is 47.2 Å². The van der Waals surface area contributed by atoms with E-state index in [4.69, 9.17) is 4.74 Å². The Balaban J connectivity index is 0.00000280. The summed E-state index contributed by atoms with van der Waals surface area (Å²) >= 11 is 1.30. The van der Waals surface area contributed by atoms with Crippen LogP contribution in [0.15, 0.2) is 41.6 Å². The molecule has 142 valence electrons.